The number of hydrogen-bond acceptors (Lipinski definition) is 1. The van der Waals surface area contributed by atoms with Crippen molar-refractivity contribution in [1.82, 2.24) is 9.55 Å². The molecule has 0 radical (unpaired) electrons. The SMILES string of the molecule is Cc1ccc2[nH]c(=S)n(-c3cccc4c3CCCC4)c2c1. The third kappa shape index (κ3) is 2.04. The second kappa shape index (κ2) is 4.85. The molecule has 1 aliphatic carbocycles. The van der Waals surface area contributed by atoms with E-state index in [9.17, 15) is 0 Å². The van der Waals surface area contributed by atoms with Crippen molar-refractivity contribution >= 4 is 23.3 Å². The van der Waals surface area contributed by atoms with Crippen LogP contribution < -0.4 is 0 Å². The van der Waals surface area contributed by atoms with Crippen molar-refractivity contribution in [1.29, 1.82) is 0 Å². The highest BCUT2D eigenvalue weighted by Gasteiger charge is 2.16. The zero-order chi connectivity index (χ0) is 14.4. The maximum absolute atomic E-state index is 5.59. The standard InChI is InChI=1S/C18H18N2S/c1-12-9-10-15-17(11-12)20(18(21)19-15)16-8-4-6-13-5-2-3-7-14(13)16/h4,6,8-11H,2-3,5,7H2,1H3,(H,19,21). The second-order valence-electron chi connectivity index (χ2n) is 5.91. The van der Waals surface area contributed by atoms with Gasteiger partial charge in [-0.05, 0) is 79.7 Å². The first-order chi connectivity index (χ1) is 10.2. The van der Waals surface area contributed by atoms with Gasteiger partial charge in [0.15, 0.2) is 4.77 Å². The third-order valence-corrected chi connectivity index (χ3v) is 4.74. The molecule has 106 valence electrons. The molecule has 0 spiro atoms. The Morgan fingerprint density at radius 3 is 2.86 bits per heavy atom. The number of nitrogens with one attached hydrogen (secondary N) is 1. The summed E-state index contributed by atoms with van der Waals surface area (Å²) in [5, 5.41) is 0. The molecule has 0 atom stereocenters. The number of hydrogen-bond donors (Lipinski definition) is 1. The molecular formula is C18H18N2S. The predicted molar refractivity (Wildman–Crippen MR) is 89.8 cm³/mol. The van der Waals surface area contributed by atoms with Crippen molar-refractivity contribution in [3.63, 3.8) is 0 Å². The van der Waals surface area contributed by atoms with Crippen LogP contribution in [0.15, 0.2) is 36.4 Å². The number of H-pyrrole nitrogens is 1. The quantitative estimate of drug-likeness (QED) is 0.635. The summed E-state index contributed by atoms with van der Waals surface area (Å²) in [6.45, 7) is 2.13. The topological polar surface area (TPSA) is 20.7 Å². The minimum absolute atomic E-state index is 0.787. The van der Waals surface area contributed by atoms with Gasteiger partial charge in [-0.3, -0.25) is 4.57 Å². The van der Waals surface area contributed by atoms with Crippen LogP contribution >= 0.6 is 12.2 Å². The fourth-order valence-corrected chi connectivity index (χ4v) is 3.73. The number of imidazole rings is 1. The molecule has 1 N–H and O–H groups in total. The summed E-state index contributed by atoms with van der Waals surface area (Å²) in [6.07, 6.45) is 4.93. The van der Waals surface area contributed by atoms with E-state index in [-0.39, 0.29) is 0 Å². The monoisotopic (exact) mass is 294 g/mol. The molecule has 1 aromatic heterocycles. The van der Waals surface area contributed by atoms with Crippen LogP contribution in [0, 0.1) is 11.7 Å². The van der Waals surface area contributed by atoms with Gasteiger partial charge in [-0.1, -0.05) is 18.2 Å². The lowest BCUT2D eigenvalue weighted by Crippen LogP contribution is -2.08. The molecule has 1 heterocycles. The van der Waals surface area contributed by atoms with Gasteiger partial charge in [0.25, 0.3) is 0 Å². The van der Waals surface area contributed by atoms with E-state index in [1.807, 2.05) is 0 Å². The van der Waals surface area contributed by atoms with Crippen LogP contribution in [0.4, 0.5) is 0 Å². The molecule has 0 saturated heterocycles. The van der Waals surface area contributed by atoms with Crippen molar-refractivity contribution in [2.45, 2.75) is 32.6 Å². The minimum Gasteiger partial charge on any atom is -0.330 e. The molecule has 0 amide bonds. The number of aryl methyl sites for hydroxylation is 2. The lowest BCUT2D eigenvalue weighted by Gasteiger charge is -2.20. The van der Waals surface area contributed by atoms with E-state index in [0.29, 0.717) is 0 Å². The zero-order valence-corrected chi connectivity index (χ0v) is 13.0. The molecule has 4 rings (SSSR count). The second-order valence-corrected chi connectivity index (χ2v) is 6.29. The Morgan fingerprint density at radius 1 is 1.10 bits per heavy atom. The summed E-state index contributed by atoms with van der Waals surface area (Å²) in [7, 11) is 0. The molecule has 1 aliphatic rings. The van der Waals surface area contributed by atoms with Gasteiger partial charge in [0.05, 0.1) is 16.7 Å². The highest BCUT2D eigenvalue weighted by Crippen LogP contribution is 2.29. The third-order valence-electron chi connectivity index (χ3n) is 4.45. The van der Waals surface area contributed by atoms with Crippen molar-refractivity contribution in [3.8, 4) is 5.69 Å². The van der Waals surface area contributed by atoms with Crippen LogP contribution in [0.1, 0.15) is 29.5 Å². The summed E-state index contributed by atoms with van der Waals surface area (Å²) in [5.41, 5.74) is 7.77. The van der Waals surface area contributed by atoms with E-state index in [1.54, 1.807) is 0 Å². The Balaban J connectivity index is 2.05. The summed E-state index contributed by atoms with van der Waals surface area (Å²) in [6, 6.07) is 13.1. The molecule has 0 bridgehead atoms. The minimum atomic E-state index is 0.787. The average Bonchev–Trinajstić information content (AvgIpc) is 2.82. The van der Waals surface area contributed by atoms with Crippen LogP contribution in [0.3, 0.4) is 0 Å². The largest absolute Gasteiger partial charge is 0.330 e. The van der Waals surface area contributed by atoms with Crippen LogP contribution in [0.5, 0.6) is 0 Å². The molecule has 0 fully saturated rings. The van der Waals surface area contributed by atoms with Crippen LogP contribution in [0.25, 0.3) is 16.7 Å². The number of aromatic nitrogens is 2. The summed E-state index contributed by atoms with van der Waals surface area (Å²) >= 11 is 5.59. The van der Waals surface area contributed by atoms with E-state index in [1.165, 1.54) is 47.2 Å². The van der Waals surface area contributed by atoms with Crippen LogP contribution in [0.2, 0.25) is 0 Å². The first-order valence-corrected chi connectivity index (χ1v) is 7.97. The number of nitrogens with zero attached hydrogens (tertiary/aromatic N) is 1. The lowest BCUT2D eigenvalue weighted by molar-refractivity contribution is 0.681. The summed E-state index contributed by atoms with van der Waals surface area (Å²) < 4.78 is 3.00. The fraction of sp³-hybridized carbons (Fsp3) is 0.278. The van der Waals surface area contributed by atoms with E-state index in [4.69, 9.17) is 12.2 Å². The number of rotatable bonds is 1. The fourth-order valence-electron chi connectivity index (χ4n) is 3.42. The lowest BCUT2D eigenvalue weighted by atomic mass is 9.90. The Bertz CT molecular complexity index is 886. The smallest absolute Gasteiger partial charge is 0.182 e. The first kappa shape index (κ1) is 12.8. The summed E-state index contributed by atoms with van der Waals surface area (Å²) in [4.78, 5) is 3.34. The maximum Gasteiger partial charge on any atom is 0.182 e. The van der Waals surface area contributed by atoms with Gasteiger partial charge >= 0.3 is 0 Å². The van der Waals surface area contributed by atoms with E-state index < -0.39 is 0 Å². The highest BCUT2D eigenvalue weighted by molar-refractivity contribution is 7.71. The van der Waals surface area contributed by atoms with Crippen LogP contribution in [-0.2, 0) is 12.8 Å². The van der Waals surface area contributed by atoms with Crippen molar-refractivity contribution < 1.29 is 0 Å². The number of fused-ring (bicyclic) bond motifs is 2. The predicted octanol–water partition coefficient (Wildman–Crippen LogP) is 4.88. The Hall–Kier alpha value is -1.87. The molecule has 2 nitrogen and oxygen atoms in total. The Labute approximate surface area is 129 Å². The number of benzene rings is 2. The van der Waals surface area contributed by atoms with Gasteiger partial charge in [-0.15, -0.1) is 0 Å². The molecule has 0 saturated carbocycles. The van der Waals surface area contributed by atoms with E-state index in [2.05, 4.69) is 52.9 Å². The first-order valence-electron chi connectivity index (χ1n) is 7.56. The average molecular weight is 294 g/mol. The molecule has 0 unspecified atom stereocenters. The Morgan fingerprint density at radius 2 is 1.95 bits per heavy atom. The molecule has 21 heavy (non-hydrogen) atoms. The normalized spacial score (nSPS) is 14.3. The van der Waals surface area contributed by atoms with Gasteiger partial charge in [-0.25, -0.2) is 0 Å². The van der Waals surface area contributed by atoms with Gasteiger partial charge in [0, 0.05) is 0 Å². The zero-order valence-electron chi connectivity index (χ0n) is 12.1. The van der Waals surface area contributed by atoms with Crippen molar-refractivity contribution in [3.05, 3.63) is 57.9 Å². The van der Waals surface area contributed by atoms with Gasteiger partial charge in [0.2, 0.25) is 0 Å². The molecule has 0 aliphatic heterocycles. The Kier molecular flexibility index (Phi) is 2.96. The molecule has 3 aromatic rings. The van der Waals surface area contributed by atoms with Gasteiger partial charge < -0.3 is 4.98 Å². The number of aromatic amines is 1. The van der Waals surface area contributed by atoms with E-state index in [0.717, 1.165) is 16.7 Å². The van der Waals surface area contributed by atoms with E-state index >= 15 is 0 Å². The summed E-state index contributed by atoms with van der Waals surface area (Å²) in [5.74, 6) is 0. The van der Waals surface area contributed by atoms with Crippen LogP contribution in [-0.4, -0.2) is 9.55 Å². The highest BCUT2D eigenvalue weighted by atomic mass is 32.1. The van der Waals surface area contributed by atoms with Gasteiger partial charge in [0.1, 0.15) is 0 Å². The molecule has 3 heteroatoms. The maximum atomic E-state index is 5.59. The van der Waals surface area contributed by atoms with Crippen molar-refractivity contribution in [2.75, 3.05) is 0 Å². The van der Waals surface area contributed by atoms with Crippen molar-refractivity contribution in [2.24, 2.45) is 0 Å². The molecular weight excluding hydrogens is 276 g/mol. The molecule has 2 aromatic carbocycles. The van der Waals surface area contributed by atoms with Gasteiger partial charge in [-0.2, -0.15) is 0 Å².